The minimum Gasteiger partial charge on any atom is -0.497 e. The van der Waals surface area contributed by atoms with Crippen molar-refractivity contribution in [1.82, 2.24) is 10.1 Å². The van der Waals surface area contributed by atoms with Crippen LogP contribution in [0.2, 0.25) is 0 Å². The van der Waals surface area contributed by atoms with Gasteiger partial charge in [-0.05, 0) is 55.3 Å². The maximum Gasteiger partial charge on any atom is 0.324 e. The van der Waals surface area contributed by atoms with Gasteiger partial charge in [0.15, 0.2) is 0 Å². The summed E-state index contributed by atoms with van der Waals surface area (Å²) in [5.74, 6) is 0.657. The van der Waals surface area contributed by atoms with E-state index in [1.807, 2.05) is 29.2 Å². The molecule has 1 aromatic heterocycles. The second-order valence-corrected chi connectivity index (χ2v) is 6.89. The second kappa shape index (κ2) is 8.30. The highest BCUT2D eigenvalue weighted by atomic mass is 19.1. The molecule has 0 aliphatic carbocycles. The molecule has 0 spiro atoms. The van der Waals surface area contributed by atoms with Gasteiger partial charge < -0.3 is 19.5 Å². The van der Waals surface area contributed by atoms with E-state index in [-0.39, 0.29) is 17.6 Å². The van der Waals surface area contributed by atoms with Gasteiger partial charge >= 0.3 is 6.01 Å². The predicted molar refractivity (Wildman–Crippen MR) is 106 cm³/mol. The van der Waals surface area contributed by atoms with Crippen molar-refractivity contribution < 1.29 is 18.4 Å². The molecule has 2 aromatic carbocycles. The first kappa shape index (κ1) is 18.9. The molecular weight excluding hydrogens is 375 g/mol. The van der Waals surface area contributed by atoms with Crippen molar-refractivity contribution in [3.05, 3.63) is 54.3 Å². The number of aromatic nitrogens is 2. The summed E-state index contributed by atoms with van der Waals surface area (Å²) in [6.07, 6.45) is 1.31. The van der Waals surface area contributed by atoms with Crippen LogP contribution in [-0.4, -0.2) is 36.2 Å². The molecule has 4 rings (SSSR count). The van der Waals surface area contributed by atoms with Crippen LogP contribution in [0.5, 0.6) is 5.75 Å². The first-order valence-electron chi connectivity index (χ1n) is 9.42. The highest BCUT2D eigenvalue weighted by Crippen LogP contribution is 2.26. The molecule has 1 aliphatic heterocycles. The number of ether oxygens (including phenoxy) is 1. The summed E-state index contributed by atoms with van der Waals surface area (Å²) in [6, 6.07) is 13.8. The maximum atomic E-state index is 13.3. The largest absolute Gasteiger partial charge is 0.497 e. The number of anilines is 2. The fourth-order valence-electron chi connectivity index (χ4n) is 3.34. The van der Waals surface area contributed by atoms with Gasteiger partial charge in [-0.25, -0.2) is 4.39 Å². The van der Waals surface area contributed by atoms with E-state index >= 15 is 0 Å². The molecule has 0 atom stereocenters. The number of halogens is 1. The van der Waals surface area contributed by atoms with Crippen LogP contribution < -0.4 is 15.0 Å². The summed E-state index contributed by atoms with van der Waals surface area (Å²) in [5, 5.41) is 6.83. The first-order chi connectivity index (χ1) is 14.1. The summed E-state index contributed by atoms with van der Waals surface area (Å²) < 4.78 is 23.8. The van der Waals surface area contributed by atoms with Gasteiger partial charge in [-0.3, -0.25) is 4.79 Å². The van der Waals surface area contributed by atoms with Crippen LogP contribution in [0.25, 0.3) is 11.4 Å². The topological polar surface area (TPSA) is 80.5 Å². The van der Waals surface area contributed by atoms with Crippen molar-refractivity contribution in [2.24, 2.45) is 5.92 Å². The Morgan fingerprint density at radius 2 is 1.97 bits per heavy atom. The molecule has 0 radical (unpaired) electrons. The van der Waals surface area contributed by atoms with Crippen LogP contribution >= 0.6 is 0 Å². The Kier molecular flexibility index (Phi) is 5.41. The second-order valence-electron chi connectivity index (χ2n) is 6.89. The zero-order valence-corrected chi connectivity index (χ0v) is 16.0. The SMILES string of the molecule is COc1ccc(-c2noc(N3CCC(C(=O)Nc4cccc(F)c4)CC3)n2)cc1. The maximum absolute atomic E-state index is 13.3. The Bertz CT molecular complexity index is 982. The first-order valence-corrected chi connectivity index (χ1v) is 9.42. The minimum atomic E-state index is -0.373. The third-order valence-electron chi connectivity index (χ3n) is 4.99. The number of nitrogens with zero attached hydrogens (tertiary/aromatic N) is 3. The van der Waals surface area contributed by atoms with Crippen molar-refractivity contribution in [1.29, 1.82) is 0 Å². The quantitative estimate of drug-likeness (QED) is 0.708. The average molecular weight is 396 g/mol. The monoisotopic (exact) mass is 396 g/mol. The normalized spacial score (nSPS) is 14.6. The number of rotatable bonds is 5. The summed E-state index contributed by atoms with van der Waals surface area (Å²) in [5.41, 5.74) is 1.31. The number of hydrogen-bond donors (Lipinski definition) is 1. The van der Waals surface area contributed by atoms with Crippen LogP contribution in [0.1, 0.15) is 12.8 Å². The Balaban J connectivity index is 1.34. The van der Waals surface area contributed by atoms with Crippen molar-refractivity contribution in [2.75, 3.05) is 30.4 Å². The number of methoxy groups -OCH3 is 1. The molecule has 7 nitrogen and oxygen atoms in total. The minimum absolute atomic E-state index is 0.0975. The summed E-state index contributed by atoms with van der Waals surface area (Å²) >= 11 is 0. The Morgan fingerprint density at radius 3 is 2.66 bits per heavy atom. The van der Waals surface area contributed by atoms with Gasteiger partial charge in [0.1, 0.15) is 11.6 Å². The zero-order chi connectivity index (χ0) is 20.2. The van der Waals surface area contributed by atoms with Crippen LogP contribution in [0, 0.1) is 11.7 Å². The third-order valence-corrected chi connectivity index (χ3v) is 4.99. The number of nitrogens with one attached hydrogen (secondary N) is 1. The fraction of sp³-hybridized carbons (Fsp3) is 0.286. The molecule has 1 saturated heterocycles. The van der Waals surface area contributed by atoms with E-state index in [2.05, 4.69) is 15.5 Å². The fourth-order valence-corrected chi connectivity index (χ4v) is 3.34. The molecule has 1 amide bonds. The number of benzene rings is 2. The van der Waals surface area contributed by atoms with E-state index in [0.29, 0.717) is 43.5 Å². The lowest BCUT2D eigenvalue weighted by Crippen LogP contribution is -2.38. The highest BCUT2D eigenvalue weighted by Gasteiger charge is 2.27. The van der Waals surface area contributed by atoms with Crippen LogP contribution in [0.15, 0.2) is 53.1 Å². The van der Waals surface area contributed by atoms with E-state index in [1.165, 1.54) is 12.1 Å². The van der Waals surface area contributed by atoms with E-state index in [1.54, 1.807) is 19.2 Å². The molecule has 0 unspecified atom stereocenters. The molecule has 1 fully saturated rings. The van der Waals surface area contributed by atoms with Gasteiger partial charge in [0.2, 0.25) is 11.7 Å². The predicted octanol–water partition coefficient (Wildman–Crippen LogP) is 3.74. The molecule has 29 heavy (non-hydrogen) atoms. The van der Waals surface area contributed by atoms with Crippen molar-refractivity contribution in [3.63, 3.8) is 0 Å². The lowest BCUT2D eigenvalue weighted by Gasteiger charge is -2.29. The Labute approximate surface area is 167 Å². The number of piperidine rings is 1. The molecule has 1 N–H and O–H groups in total. The number of hydrogen-bond acceptors (Lipinski definition) is 6. The van der Waals surface area contributed by atoms with Gasteiger partial charge in [-0.1, -0.05) is 11.2 Å². The number of amides is 1. The molecule has 2 heterocycles. The van der Waals surface area contributed by atoms with Crippen LogP contribution in [-0.2, 0) is 4.79 Å². The van der Waals surface area contributed by atoms with Crippen LogP contribution in [0.3, 0.4) is 0 Å². The molecule has 150 valence electrons. The van der Waals surface area contributed by atoms with Gasteiger partial charge in [0.05, 0.1) is 7.11 Å². The Hall–Kier alpha value is -3.42. The van der Waals surface area contributed by atoms with E-state index in [0.717, 1.165) is 11.3 Å². The molecule has 0 saturated carbocycles. The van der Waals surface area contributed by atoms with E-state index < -0.39 is 0 Å². The van der Waals surface area contributed by atoms with Crippen molar-refractivity contribution in [3.8, 4) is 17.1 Å². The zero-order valence-electron chi connectivity index (χ0n) is 16.0. The molecule has 8 heteroatoms. The van der Waals surface area contributed by atoms with E-state index in [4.69, 9.17) is 9.26 Å². The molecule has 3 aromatic rings. The van der Waals surface area contributed by atoms with Crippen LogP contribution in [0.4, 0.5) is 16.1 Å². The van der Waals surface area contributed by atoms with Gasteiger partial charge in [-0.15, -0.1) is 0 Å². The average Bonchev–Trinajstić information content (AvgIpc) is 3.24. The molecule has 0 bridgehead atoms. The molecule has 1 aliphatic rings. The van der Waals surface area contributed by atoms with Crippen molar-refractivity contribution in [2.45, 2.75) is 12.8 Å². The standard InChI is InChI=1S/C21H21FN4O3/c1-28-18-7-5-14(6-8-18)19-24-21(29-25-19)26-11-9-15(10-12-26)20(27)23-17-4-2-3-16(22)13-17/h2-8,13,15H,9-12H2,1H3,(H,23,27). The van der Waals surface area contributed by atoms with Gasteiger partial charge in [0.25, 0.3) is 0 Å². The summed E-state index contributed by atoms with van der Waals surface area (Å²) in [6.45, 7) is 1.26. The third kappa shape index (κ3) is 4.37. The summed E-state index contributed by atoms with van der Waals surface area (Å²) in [4.78, 5) is 18.9. The lowest BCUT2D eigenvalue weighted by atomic mass is 9.96. The Morgan fingerprint density at radius 1 is 1.21 bits per heavy atom. The van der Waals surface area contributed by atoms with Gasteiger partial charge in [0, 0.05) is 30.3 Å². The highest BCUT2D eigenvalue weighted by molar-refractivity contribution is 5.92. The lowest BCUT2D eigenvalue weighted by molar-refractivity contribution is -0.120. The van der Waals surface area contributed by atoms with E-state index in [9.17, 15) is 9.18 Å². The summed E-state index contributed by atoms with van der Waals surface area (Å²) in [7, 11) is 1.61. The molecular formula is C21H21FN4O3. The smallest absolute Gasteiger partial charge is 0.324 e. The number of carbonyl (C=O) groups excluding carboxylic acids is 1. The van der Waals surface area contributed by atoms with Crippen molar-refractivity contribution >= 4 is 17.6 Å². The van der Waals surface area contributed by atoms with Gasteiger partial charge in [-0.2, -0.15) is 4.98 Å². The number of carbonyl (C=O) groups is 1.